The fourth-order valence-corrected chi connectivity index (χ4v) is 4.84. The summed E-state index contributed by atoms with van der Waals surface area (Å²) >= 11 is 0. The number of allylic oxidation sites excluding steroid dienone is 1. The van der Waals surface area contributed by atoms with Gasteiger partial charge in [0.1, 0.15) is 5.75 Å². The van der Waals surface area contributed by atoms with Crippen molar-refractivity contribution in [1.82, 2.24) is 0 Å². The topological polar surface area (TPSA) is 83.5 Å². The average Bonchev–Trinajstić information content (AvgIpc) is 2.83. The van der Waals surface area contributed by atoms with Crippen LogP contribution in [-0.4, -0.2) is 16.2 Å². The van der Waals surface area contributed by atoms with Crippen molar-refractivity contribution in [3.8, 4) is 5.75 Å². The van der Waals surface area contributed by atoms with E-state index in [-0.39, 0.29) is 16.6 Å². The Balaban J connectivity index is 0.000000383. The minimum absolute atomic E-state index is 0.190. The van der Waals surface area contributed by atoms with Gasteiger partial charge in [-0.1, -0.05) is 65.0 Å². The molecule has 190 valence electrons. The fourth-order valence-electron chi connectivity index (χ4n) is 4.84. The van der Waals surface area contributed by atoms with Gasteiger partial charge in [0.05, 0.1) is 5.56 Å². The van der Waals surface area contributed by atoms with Gasteiger partial charge in [0.25, 0.3) is 0 Å². The lowest BCUT2D eigenvalue weighted by Gasteiger charge is -2.42. The first-order valence-corrected chi connectivity index (χ1v) is 12.6. The molecular weight excluding hydrogens is 446 g/mol. The van der Waals surface area contributed by atoms with Gasteiger partial charge < -0.3 is 15.9 Å². The number of aromatic carboxylic acids is 1. The second kappa shape index (κ2) is 10.6. The standard InChI is InChI=1S/C26H32O2.C6H7NO/c1-7-19(15-18-8-10-20(11-9-18)24(27)28)21-16-23-22(14-17(21)2)25(3,4)12-13-26(23,5)6;7-5-1-3-6(8)4-2-5/h8-11,14-16H,7,12-13H2,1-6H3,(H,27,28);1-4,8H,7H2. The molecule has 0 atom stereocenters. The monoisotopic (exact) mass is 485 g/mol. The summed E-state index contributed by atoms with van der Waals surface area (Å²) < 4.78 is 0. The molecule has 0 spiro atoms. The molecule has 0 aromatic heterocycles. The number of fused-ring (bicyclic) bond motifs is 1. The number of phenolic OH excluding ortho intramolecular Hbond substituents is 1. The molecule has 0 unspecified atom stereocenters. The van der Waals surface area contributed by atoms with Crippen molar-refractivity contribution < 1.29 is 15.0 Å². The number of nitrogen functional groups attached to an aromatic ring is 1. The Kier molecular flexibility index (Phi) is 7.98. The number of hydrogen-bond acceptors (Lipinski definition) is 3. The van der Waals surface area contributed by atoms with Gasteiger partial charge in [-0.2, -0.15) is 0 Å². The zero-order valence-electron chi connectivity index (χ0n) is 22.4. The van der Waals surface area contributed by atoms with E-state index in [0.29, 0.717) is 11.3 Å². The molecule has 0 heterocycles. The van der Waals surface area contributed by atoms with Crippen molar-refractivity contribution in [1.29, 1.82) is 0 Å². The van der Waals surface area contributed by atoms with Crippen LogP contribution in [0.25, 0.3) is 11.6 Å². The third-order valence-corrected chi connectivity index (χ3v) is 7.32. The summed E-state index contributed by atoms with van der Waals surface area (Å²) in [6.45, 7) is 13.8. The summed E-state index contributed by atoms with van der Waals surface area (Å²) in [5, 5.41) is 17.8. The molecular formula is C32H39NO3. The average molecular weight is 486 g/mol. The van der Waals surface area contributed by atoms with Crippen molar-refractivity contribution >= 4 is 23.3 Å². The molecule has 4 rings (SSSR count). The number of aryl methyl sites for hydroxylation is 1. The maximum Gasteiger partial charge on any atom is 0.335 e. The molecule has 0 radical (unpaired) electrons. The highest BCUT2D eigenvalue weighted by Gasteiger charge is 2.37. The zero-order valence-corrected chi connectivity index (χ0v) is 22.4. The van der Waals surface area contributed by atoms with Crippen LogP contribution in [0.1, 0.15) is 92.1 Å². The van der Waals surface area contributed by atoms with Crippen molar-refractivity contribution in [2.45, 2.75) is 71.6 Å². The van der Waals surface area contributed by atoms with E-state index >= 15 is 0 Å². The van der Waals surface area contributed by atoms with E-state index in [9.17, 15) is 4.79 Å². The smallest absolute Gasteiger partial charge is 0.335 e. The van der Waals surface area contributed by atoms with Crippen LogP contribution in [0.15, 0.2) is 60.7 Å². The molecule has 36 heavy (non-hydrogen) atoms. The first kappa shape index (κ1) is 27.1. The number of nitrogens with two attached hydrogens (primary N) is 1. The summed E-state index contributed by atoms with van der Waals surface area (Å²) in [6.07, 6.45) is 5.56. The van der Waals surface area contributed by atoms with Crippen molar-refractivity contribution in [2.24, 2.45) is 0 Å². The quantitative estimate of drug-likeness (QED) is 0.199. The predicted octanol–water partition coefficient (Wildman–Crippen LogP) is 7.97. The number of anilines is 1. The number of phenols is 1. The van der Waals surface area contributed by atoms with E-state index in [1.807, 2.05) is 12.1 Å². The van der Waals surface area contributed by atoms with E-state index in [1.54, 1.807) is 36.4 Å². The Morgan fingerprint density at radius 2 is 1.44 bits per heavy atom. The van der Waals surface area contributed by atoms with Gasteiger partial charge in [0, 0.05) is 5.69 Å². The fraction of sp³-hybridized carbons (Fsp3) is 0.344. The van der Waals surface area contributed by atoms with Gasteiger partial charge >= 0.3 is 5.97 Å². The summed E-state index contributed by atoms with van der Waals surface area (Å²) in [5.74, 6) is -0.638. The lowest BCUT2D eigenvalue weighted by Crippen LogP contribution is -2.34. The van der Waals surface area contributed by atoms with Gasteiger partial charge in [-0.25, -0.2) is 4.79 Å². The minimum atomic E-state index is -0.887. The SMILES string of the molecule is CCC(=Cc1ccc(C(=O)O)cc1)c1cc2c(cc1C)C(C)(C)CCC2(C)C.Nc1ccc(O)cc1. The van der Waals surface area contributed by atoms with Gasteiger partial charge in [-0.05, 0) is 107 Å². The number of carboxylic acid groups (broad SMARTS) is 1. The van der Waals surface area contributed by atoms with Gasteiger partial charge in [-0.15, -0.1) is 0 Å². The maximum absolute atomic E-state index is 11.1. The van der Waals surface area contributed by atoms with Crippen LogP contribution in [0.2, 0.25) is 0 Å². The predicted molar refractivity (Wildman–Crippen MR) is 151 cm³/mol. The normalized spacial score (nSPS) is 15.9. The molecule has 3 aromatic carbocycles. The summed E-state index contributed by atoms with van der Waals surface area (Å²) in [4.78, 5) is 11.1. The molecule has 0 aliphatic heterocycles. The Morgan fingerprint density at radius 1 is 0.917 bits per heavy atom. The van der Waals surface area contributed by atoms with Crippen LogP contribution >= 0.6 is 0 Å². The summed E-state index contributed by atoms with van der Waals surface area (Å²) in [7, 11) is 0. The molecule has 1 aliphatic carbocycles. The largest absolute Gasteiger partial charge is 0.508 e. The van der Waals surface area contributed by atoms with E-state index in [4.69, 9.17) is 15.9 Å². The van der Waals surface area contributed by atoms with Gasteiger partial charge in [-0.3, -0.25) is 0 Å². The van der Waals surface area contributed by atoms with Crippen molar-refractivity contribution in [3.05, 3.63) is 94.0 Å². The number of benzene rings is 3. The Bertz CT molecular complexity index is 1230. The minimum Gasteiger partial charge on any atom is -0.508 e. The molecule has 0 saturated heterocycles. The van der Waals surface area contributed by atoms with Crippen LogP contribution < -0.4 is 5.73 Å². The molecule has 1 aliphatic rings. The first-order valence-electron chi connectivity index (χ1n) is 12.6. The molecule has 0 amide bonds. The third-order valence-electron chi connectivity index (χ3n) is 7.32. The lowest BCUT2D eigenvalue weighted by atomic mass is 9.62. The highest BCUT2D eigenvalue weighted by molar-refractivity contribution is 5.89. The molecule has 0 bridgehead atoms. The highest BCUT2D eigenvalue weighted by atomic mass is 16.4. The third kappa shape index (κ3) is 6.17. The van der Waals surface area contributed by atoms with Crippen LogP contribution in [0.4, 0.5) is 5.69 Å². The molecule has 3 aromatic rings. The molecule has 4 heteroatoms. The van der Waals surface area contributed by atoms with Crippen LogP contribution in [0.3, 0.4) is 0 Å². The van der Waals surface area contributed by atoms with E-state index in [2.05, 4.69) is 59.8 Å². The van der Waals surface area contributed by atoms with Crippen LogP contribution in [-0.2, 0) is 10.8 Å². The van der Waals surface area contributed by atoms with E-state index in [1.165, 1.54) is 40.7 Å². The zero-order chi connectivity index (χ0) is 26.7. The number of hydrogen-bond donors (Lipinski definition) is 3. The molecule has 4 N–H and O–H groups in total. The molecule has 0 fully saturated rings. The second-order valence-corrected chi connectivity index (χ2v) is 11.0. The number of carboxylic acids is 1. The van der Waals surface area contributed by atoms with Gasteiger partial charge in [0.2, 0.25) is 0 Å². The lowest BCUT2D eigenvalue weighted by molar-refractivity contribution is 0.0697. The second-order valence-electron chi connectivity index (χ2n) is 11.0. The molecule has 4 nitrogen and oxygen atoms in total. The van der Waals surface area contributed by atoms with Crippen LogP contribution in [0.5, 0.6) is 5.75 Å². The molecule has 0 saturated carbocycles. The first-order chi connectivity index (χ1) is 16.8. The highest BCUT2D eigenvalue weighted by Crippen LogP contribution is 2.47. The Hall–Kier alpha value is -3.53. The maximum atomic E-state index is 11.1. The number of aromatic hydroxyl groups is 1. The Labute approximate surface area is 215 Å². The van der Waals surface area contributed by atoms with E-state index in [0.717, 1.165) is 12.0 Å². The van der Waals surface area contributed by atoms with Crippen molar-refractivity contribution in [3.63, 3.8) is 0 Å². The van der Waals surface area contributed by atoms with Crippen LogP contribution in [0, 0.1) is 6.92 Å². The summed E-state index contributed by atoms with van der Waals surface area (Å²) in [6, 6.07) is 18.4. The summed E-state index contributed by atoms with van der Waals surface area (Å²) in [5.41, 5.74) is 14.7. The number of rotatable bonds is 4. The van der Waals surface area contributed by atoms with E-state index < -0.39 is 5.97 Å². The Morgan fingerprint density at radius 3 is 1.92 bits per heavy atom. The van der Waals surface area contributed by atoms with Gasteiger partial charge in [0.15, 0.2) is 0 Å². The van der Waals surface area contributed by atoms with Crippen molar-refractivity contribution in [2.75, 3.05) is 5.73 Å². The number of carbonyl (C=O) groups is 1.